The molecule has 14 heavy (non-hydrogen) atoms. The van der Waals surface area contributed by atoms with Crippen LogP contribution < -0.4 is 0 Å². The van der Waals surface area contributed by atoms with Gasteiger partial charge in [-0.25, -0.2) is 0 Å². The molecule has 0 heterocycles. The number of hydrogen-bond acceptors (Lipinski definition) is 0. The maximum Gasteiger partial charge on any atom is 0.00661 e. The van der Waals surface area contributed by atoms with Crippen molar-refractivity contribution in [1.29, 1.82) is 0 Å². The Balaban J connectivity index is 2.95. The van der Waals surface area contributed by atoms with Crippen molar-refractivity contribution < 1.29 is 0 Å². The lowest BCUT2D eigenvalue weighted by Crippen LogP contribution is -1.85. The maximum atomic E-state index is 3.43. The van der Waals surface area contributed by atoms with Crippen LogP contribution in [-0.2, 0) is 0 Å². The zero-order chi connectivity index (χ0) is 10.6. The molecule has 0 saturated carbocycles. The first kappa shape index (κ1) is 11.5. The largest absolute Gasteiger partial charge is 0.0925 e. The molecular weight excluding hydrogens is 236 g/mol. The molecule has 0 aliphatic rings. The third-order valence-corrected chi connectivity index (χ3v) is 2.69. The standard InChI is InChI=1S/C13H17Br/c1-10-7-11(2)9-13(8-10)12(3)5-4-6-14/h5,7-9H,4,6H2,1-3H3/b12-5+. The molecule has 0 bridgehead atoms. The molecule has 0 aliphatic carbocycles. The van der Waals surface area contributed by atoms with Gasteiger partial charge in [0.2, 0.25) is 0 Å². The van der Waals surface area contributed by atoms with Gasteiger partial charge in [-0.1, -0.05) is 51.3 Å². The molecule has 0 spiro atoms. The van der Waals surface area contributed by atoms with Crippen LogP contribution in [-0.4, -0.2) is 5.33 Å². The first-order chi connectivity index (χ1) is 6.63. The fourth-order valence-electron chi connectivity index (χ4n) is 1.59. The molecule has 0 aliphatic heterocycles. The molecule has 0 amide bonds. The smallest absolute Gasteiger partial charge is 0.00661 e. The van der Waals surface area contributed by atoms with Crippen LogP contribution >= 0.6 is 15.9 Å². The molecule has 0 nitrogen and oxygen atoms in total. The molecule has 0 radical (unpaired) electrons. The summed E-state index contributed by atoms with van der Waals surface area (Å²) in [6, 6.07) is 6.70. The topological polar surface area (TPSA) is 0 Å². The highest BCUT2D eigenvalue weighted by Crippen LogP contribution is 2.18. The van der Waals surface area contributed by atoms with Crippen molar-refractivity contribution >= 4 is 21.5 Å². The van der Waals surface area contributed by atoms with Crippen LogP contribution in [0.5, 0.6) is 0 Å². The summed E-state index contributed by atoms with van der Waals surface area (Å²) in [5.41, 5.74) is 5.40. The molecule has 1 aromatic carbocycles. The quantitative estimate of drug-likeness (QED) is 0.696. The molecular formula is C13H17Br. The van der Waals surface area contributed by atoms with Crippen molar-refractivity contribution in [3.8, 4) is 0 Å². The van der Waals surface area contributed by atoms with E-state index in [9.17, 15) is 0 Å². The Morgan fingerprint density at radius 3 is 2.29 bits per heavy atom. The summed E-state index contributed by atoms with van der Waals surface area (Å²) in [7, 11) is 0. The van der Waals surface area contributed by atoms with Crippen molar-refractivity contribution in [2.24, 2.45) is 0 Å². The van der Waals surface area contributed by atoms with Gasteiger partial charge < -0.3 is 0 Å². The Labute approximate surface area is 95.2 Å². The number of aryl methyl sites for hydroxylation is 2. The van der Waals surface area contributed by atoms with Crippen LogP contribution in [0.3, 0.4) is 0 Å². The molecule has 0 N–H and O–H groups in total. The summed E-state index contributed by atoms with van der Waals surface area (Å²) in [6.07, 6.45) is 3.38. The van der Waals surface area contributed by atoms with E-state index in [0.29, 0.717) is 0 Å². The molecule has 0 fully saturated rings. The second-order valence-corrected chi connectivity index (χ2v) is 4.53. The van der Waals surface area contributed by atoms with E-state index in [-0.39, 0.29) is 0 Å². The summed E-state index contributed by atoms with van der Waals surface area (Å²) in [4.78, 5) is 0. The van der Waals surface area contributed by atoms with Gasteiger partial charge in [0.25, 0.3) is 0 Å². The molecule has 76 valence electrons. The zero-order valence-corrected chi connectivity index (χ0v) is 10.7. The fraction of sp³-hybridized carbons (Fsp3) is 0.385. The average molecular weight is 253 g/mol. The van der Waals surface area contributed by atoms with Crippen molar-refractivity contribution in [1.82, 2.24) is 0 Å². The van der Waals surface area contributed by atoms with Gasteiger partial charge in [-0.2, -0.15) is 0 Å². The summed E-state index contributed by atoms with van der Waals surface area (Å²) in [6.45, 7) is 6.47. The predicted octanol–water partition coefficient (Wildman–Crippen LogP) is 4.49. The molecule has 0 saturated heterocycles. The highest BCUT2D eigenvalue weighted by molar-refractivity contribution is 9.09. The van der Waals surface area contributed by atoms with E-state index >= 15 is 0 Å². The molecule has 0 aromatic heterocycles. The van der Waals surface area contributed by atoms with E-state index in [1.54, 1.807) is 0 Å². The summed E-state index contributed by atoms with van der Waals surface area (Å²) in [5, 5.41) is 1.04. The number of benzene rings is 1. The normalized spacial score (nSPS) is 11.9. The minimum absolute atomic E-state index is 1.04. The third kappa shape index (κ3) is 3.30. The molecule has 1 rings (SSSR count). The number of rotatable bonds is 3. The predicted molar refractivity (Wildman–Crippen MR) is 68.0 cm³/mol. The molecule has 1 aromatic rings. The monoisotopic (exact) mass is 252 g/mol. The lowest BCUT2D eigenvalue weighted by atomic mass is 10.0. The van der Waals surface area contributed by atoms with Gasteiger partial charge >= 0.3 is 0 Å². The fourth-order valence-corrected chi connectivity index (χ4v) is 1.82. The highest BCUT2D eigenvalue weighted by Gasteiger charge is 1.97. The van der Waals surface area contributed by atoms with Crippen LogP contribution in [0.2, 0.25) is 0 Å². The Morgan fingerprint density at radius 2 is 1.79 bits per heavy atom. The van der Waals surface area contributed by atoms with Gasteiger partial charge in [-0.05, 0) is 38.3 Å². The first-order valence-corrected chi connectivity index (χ1v) is 6.07. The van der Waals surface area contributed by atoms with Gasteiger partial charge in [0.05, 0.1) is 0 Å². The van der Waals surface area contributed by atoms with E-state index in [4.69, 9.17) is 0 Å². The number of halogens is 1. The van der Waals surface area contributed by atoms with Crippen molar-refractivity contribution in [2.45, 2.75) is 27.2 Å². The minimum atomic E-state index is 1.04. The summed E-state index contributed by atoms with van der Waals surface area (Å²) >= 11 is 3.43. The van der Waals surface area contributed by atoms with Crippen molar-refractivity contribution in [3.05, 3.63) is 41.0 Å². The van der Waals surface area contributed by atoms with Crippen molar-refractivity contribution in [3.63, 3.8) is 0 Å². The Morgan fingerprint density at radius 1 is 1.21 bits per heavy atom. The van der Waals surface area contributed by atoms with E-state index in [0.717, 1.165) is 11.8 Å². The van der Waals surface area contributed by atoms with E-state index in [1.165, 1.54) is 22.3 Å². The van der Waals surface area contributed by atoms with Crippen LogP contribution in [0.4, 0.5) is 0 Å². The van der Waals surface area contributed by atoms with Crippen LogP contribution in [0.1, 0.15) is 30.0 Å². The van der Waals surface area contributed by atoms with Crippen LogP contribution in [0.15, 0.2) is 24.3 Å². The number of allylic oxidation sites excluding steroid dienone is 2. The third-order valence-electron chi connectivity index (χ3n) is 2.24. The lowest BCUT2D eigenvalue weighted by Gasteiger charge is -2.05. The lowest BCUT2D eigenvalue weighted by molar-refractivity contribution is 1.25. The second kappa shape index (κ2) is 5.35. The van der Waals surface area contributed by atoms with Gasteiger partial charge in [0.1, 0.15) is 0 Å². The van der Waals surface area contributed by atoms with Gasteiger partial charge in [-0.15, -0.1) is 0 Å². The second-order valence-electron chi connectivity index (χ2n) is 3.74. The SMILES string of the molecule is C/C(=C\CCBr)c1cc(C)cc(C)c1. The first-order valence-electron chi connectivity index (χ1n) is 4.95. The summed E-state index contributed by atoms with van der Waals surface area (Å²) < 4.78 is 0. The number of hydrogen-bond donors (Lipinski definition) is 0. The minimum Gasteiger partial charge on any atom is -0.0925 e. The summed E-state index contributed by atoms with van der Waals surface area (Å²) in [5.74, 6) is 0. The Hall–Kier alpha value is -0.560. The van der Waals surface area contributed by atoms with Crippen molar-refractivity contribution in [2.75, 3.05) is 5.33 Å². The molecule has 1 heteroatoms. The van der Waals surface area contributed by atoms with E-state index < -0.39 is 0 Å². The maximum absolute atomic E-state index is 3.43. The molecule has 0 unspecified atom stereocenters. The Kier molecular flexibility index (Phi) is 4.40. The molecule has 0 atom stereocenters. The van der Waals surface area contributed by atoms with Crippen LogP contribution in [0.25, 0.3) is 5.57 Å². The Bertz CT molecular complexity index is 317. The highest BCUT2D eigenvalue weighted by atomic mass is 79.9. The average Bonchev–Trinajstić information content (AvgIpc) is 2.12. The van der Waals surface area contributed by atoms with Gasteiger partial charge in [0.15, 0.2) is 0 Å². The van der Waals surface area contributed by atoms with E-state index in [1.807, 2.05) is 0 Å². The van der Waals surface area contributed by atoms with E-state index in [2.05, 4.69) is 61.0 Å². The van der Waals surface area contributed by atoms with Crippen LogP contribution in [0, 0.1) is 13.8 Å². The zero-order valence-electron chi connectivity index (χ0n) is 9.10. The number of alkyl halides is 1. The van der Waals surface area contributed by atoms with Gasteiger partial charge in [0, 0.05) is 5.33 Å². The van der Waals surface area contributed by atoms with Gasteiger partial charge in [-0.3, -0.25) is 0 Å².